The molecule has 1 unspecified atom stereocenters. The maximum Gasteiger partial charge on any atom is 0.339 e. The molecule has 0 radical (unpaired) electrons. The number of carboxylic acids is 1. The first-order chi connectivity index (χ1) is 17.5. The van der Waals surface area contributed by atoms with Crippen molar-refractivity contribution in [3.63, 3.8) is 0 Å². The predicted octanol–water partition coefficient (Wildman–Crippen LogP) is 2.47. The van der Waals surface area contributed by atoms with Crippen LogP contribution in [0.25, 0.3) is 11.1 Å². The van der Waals surface area contributed by atoms with Crippen molar-refractivity contribution in [1.29, 1.82) is 0 Å². The van der Waals surface area contributed by atoms with Crippen LogP contribution in [0.5, 0.6) is 11.5 Å². The number of para-hydroxylation sites is 1. The Labute approximate surface area is 215 Å². The van der Waals surface area contributed by atoms with Crippen molar-refractivity contribution in [3.8, 4) is 22.6 Å². The van der Waals surface area contributed by atoms with Gasteiger partial charge in [0.15, 0.2) is 0 Å². The van der Waals surface area contributed by atoms with E-state index in [1.165, 1.54) is 19.1 Å². The molecule has 1 saturated heterocycles. The topological polar surface area (TPSA) is 138 Å². The summed E-state index contributed by atoms with van der Waals surface area (Å²) in [4.78, 5) is 34.1. The molecule has 37 heavy (non-hydrogen) atoms. The Hall–Kier alpha value is -3.31. The van der Waals surface area contributed by atoms with Gasteiger partial charge in [0.25, 0.3) is 5.91 Å². The number of carboxylic acid groups (broad SMARTS) is 1. The molecule has 0 saturated carbocycles. The zero-order chi connectivity index (χ0) is 27.1. The number of benzene rings is 2. The van der Waals surface area contributed by atoms with Crippen molar-refractivity contribution < 1.29 is 39.2 Å². The summed E-state index contributed by atoms with van der Waals surface area (Å²) in [6.45, 7) is 8.36. The Morgan fingerprint density at radius 1 is 1.32 bits per heavy atom. The number of carbonyl (C=O) groups excluding carboxylic acids is 1. The molecule has 3 N–H and O–H groups in total. The number of hydroxylamine groups is 2. The summed E-state index contributed by atoms with van der Waals surface area (Å²) in [5.74, 6) is -1.53. The number of hydrogen-bond acceptors (Lipinski definition) is 8. The molecule has 0 aliphatic carbocycles. The van der Waals surface area contributed by atoms with Gasteiger partial charge >= 0.3 is 5.97 Å². The summed E-state index contributed by atoms with van der Waals surface area (Å²) in [5, 5.41) is 31.4. The zero-order valence-electron chi connectivity index (χ0n) is 21.3. The van der Waals surface area contributed by atoms with Gasteiger partial charge in [0.05, 0.1) is 26.4 Å². The molecule has 0 aromatic heterocycles. The number of aliphatic imine (C=N–C) groups is 1. The third-order valence-electron chi connectivity index (χ3n) is 6.85. The van der Waals surface area contributed by atoms with Gasteiger partial charge in [-0.1, -0.05) is 18.2 Å². The van der Waals surface area contributed by atoms with Crippen LogP contribution in [0.2, 0.25) is 0 Å². The molecule has 4 rings (SSSR count). The molecular formula is C27H32N2O8. The molecule has 0 bridgehead atoms. The van der Waals surface area contributed by atoms with Crippen molar-refractivity contribution in [3.05, 3.63) is 47.0 Å². The molecule has 10 heteroatoms. The van der Waals surface area contributed by atoms with Crippen LogP contribution >= 0.6 is 0 Å². The molecule has 1 fully saturated rings. The van der Waals surface area contributed by atoms with E-state index >= 15 is 0 Å². The number of aliphatic hydroxyl groups is 2. The van der Waals surface area contributed by atoms with Crippen LogP contribution in [0.4, 0.5) is 0 Å². The fourth-order valence-corrected chi connectivity index (χ4v) is 5.32. The third kappa shape index (κ3) is 4.97. The maximum absolute atomic E-state index is 12.7. The van der Waals surface area contributed by atoms with E-state index in [1.54, 1.807) is 18.2 Å². The molecule has 1 amide bonds. The van der Waals surface area contributed by atoms with Gasteiger partial charge in [0, 0.05) is 23.5 Å². The Morgan fingerprint density at radius 3 is 2.65 bits per heavy atom. The predicted molar refractivity (Wildman–Crippen MR) is 135 cm³/mol. The van der Waals surface area contributed by atoms with Crippen molar-refractivity contribution in [2.45, 2.75) is 57.6 Å². The fourth-order valence-electron chi connectivity index (χ4n) is 5.32. The summed E-state index contributed by atoms with van der Waals surface area (Å²) in [7, 11) is 1.51. The number of amides is 1. The normalized spacial score (nSPS) is 23.2. The quantitative estimate of drug-likeness (QED) is 0.455. The minimum atomic E-state index is -1.09. The lowest BCUT2D eigenvalue weighted by Crippen LogP contribution is -2.43. The number of rotatable bonds is 8. The van der Waals surface area contributed by atoms with Gasteiger partial charge in [-0.2, -0.15) is 5.06 Å². The minimum absolute atomic E-state index is 0.0710. The number of aromatic carboxylic acids is 1. The second kappa shape index (κ2) is 10.2. The first-order valence-corrected chi connectivity index (χ1v) is 12.0. The maximum atomic E-state index is 12.7. The lowest BCUT2D eigenvalue weighted by atomic mass is 9.89. The molecule has 2 heterocycles. The molecule has 10 nitrogen and oxygen atoms in total. The fraction of sp³-hybridized carbons (Fsp3) is 0.444. The number of methoxy groups -OCH3 is 1. The number of carbonyl (C=O) groups is 2. The van der Waals surface area contributed by atoms with E-state index in [2.05, 4.69) is 11.7 Å². The number of aliphatic hydroxyl groups excluding tert-OH is 2. The largest absolute Gasteiger partial charge is 0.496 e. The summed E-state index contributed by atoms with van der Waals surface area (Å²) in [6, 6.07) is 7.94. The Morgan fingerprint density at radius 2 is 2.05 bits per heavy atom. The van der Waals surface area contributed by atoms with Gasteiger partial charge < -0.3 is 24.8 Å². The average Bonchev–Trinajstić information content (AvgIpc) is 3.38. The van der Waals surface area contributed by atoms with Crippen LogP contribution in [0.1, 0.15) is 42.3 Å². The molecule has 2 aromatic rings. The van der Waals surface area contributed by atoms with E-state index in [0.717, 1.165) is 5.56 Å². The smallest absolute Gasteiger partial charge is 0.339 e. The van der Waals surface area contributed by atoms with Crippen LogP contribution in [0.15, 0.2) is 35.3 Å². The van der Waals surface area contributed by atoms with E-state index in [9.17, 15) is 24.9 Å². The Kier molecular flexibility index (Phi) is 7.38. The van der Waals surface area contributed by atoms with Gasteiger partial charge in [0.2, 0.25) is 0 Å². The highest BCUT2D eigenvalue weighted by Gasteiger charge is 2.49. The van der Waals surface area contributed by atoms with E-state index in [4.69, 9.17) is 14.3 Å². The zero-order valence-corrected chi connectivity index (χ0v) is 21.3. The van der Waals surface area contributed by atoms with Gasteiger partial charge in [-0.25, -0.2) is 9.79 Å². The van der Waals surface area contributed by atoms with Gasteiger partial charge in [-0.3, -0.25) is 9.63 Å². The van der Waals surface area contributed by atoms with Gasteiger partial charge in [0.1, 0.15) is 34.8 Å². The molecule has 2 aliphatic rings. The van der Waals surface area contributed by atoms with Gasteiger partial charge in [-0.05, 0) is 50.7 Å². The first-order valence-electron chi connectivity index (χ1n) is 12.0. The Bertz CT molecular complexity index is 1230. The second-order valence-electron chi connectivity index (χ2n) is 10.0. The molecule has 0 spiro atoms. The molecular weight excluding hydrogens is 480 g/mol. The van der Waals surface area contributed by atoms with E-state index in [-0.39, 0.29) is 12.1 Å². The molecule has 4 atom stereocenters. The minimum Gasteiger partial charge on any atom is -0.496 e. The van der Waals surface area contributed by atoms with Crippen LogP contribution in [0, 0.1) is 5.92 Å². The summed E-state index contributed by atoms with van der Waals surface area (Å²) < 4.78 is 11.7. The third-order valence-corrected chi connectivity index (χ3v) is 6.85. The highest BCUT2D eigenvalue weighted by molar-refractivity contribution is 5.94. The summed E-state index contributed by atoms with van der Waals surface area (Å²) >= 11 is 0. The van der Waals surface area contributed by atoms with Crippen LogP contribution in [-0.4, -0.2) is 76.5 Å². The van der Waals surface area contributed by atoms with Crippen molar-refractivity contribution in [2.75, 3.05) is 13.7 Å². The van der Waals surface area contributed by atoms with Crippen LogP contribution in [-0.2, 0) is 22.6 Å². The average molecular weight is 513 g/mol. The number of nitrogens with zero attached hydrogens (tertiary/aromatic N) is 2. The highest BCUT2D eigenvalue weighted by Crippen LogP contribution is 2.43. The van der Waals surface area contributed by atoms with Crippen molar-refractivity contribution in [1.82, 2.24) is 5.06 Å². The Balaban J connectivity index is 1.76. The molecule has 2 aromatic carbocycles. The van der Waals surface area contributed by atoms with Crippen molar-refractivity contribution in [2.24, 2.45) is 10.9 Å². The summed E-state index contributed by atoms with van der Waals surface area (Å²) in [5.41, 5.74) is 2.30. The SMILES string of the molecule is C=NC(=O)[C@@H]1C([C@H](C)O)[C@H](CO)ON1Cc1cccc(-c2cc3c(c(C(=O)O)c2)OC(C)(C)C3)c1OC. The van der Waals surface area contributed by atoms with Crippen LogP contribution in [0.3, 0.4) is 0 Å². The van der Waals surface area contributed by atoms with Crippen LogP contribution < -0.4 is 9.47 Å². The van der Waals surface area contributed by atoms with E-state index in [1.807, 2.05) is 26.0 Å². The summed E-state index contributed by atoms with van der Waals surface area (Å²) in [6.07, 6.45) is -1.19. The van der Waals surface area contributed by atoms with E-state index < -0.39 is 48.3 Å². The van der Waals surface area contributed by atoms with Gasteiger partial charge in [-0.15, -0.1) is 0 Å². The molecule has 2 aliphatic heterocycles. The lowest BCUT2D eigenvalue weighted by Gasteiger charge is -2.25. The lowest BCUT2D eigenvalue weighted by molar-refractivity contribution is -0.180. The molecule has 198 valence electrons. The van der Waals surface area contributed by atoms with E-state index in [0.29, 0.717) is 34.6 Å². The number of fused-ring (bicyclic) bond motifs is 1. The second-order valence-corrected chi connectivity index (χ2v) is 10.0. The highest BCUT2D eigenvalue weighted by atomic mass is 16.7. The first kappa shape index (κ1) is 26.7. The van der Waals surface area contributed by atoms with Crippen molar-refractivity contribution >= 4 is 18.6 Å². The number of ether oxygens (including phenoxy) is 2. The number of hydrogen-bond donors (Lipinski definition) is 3. The monoisotopic (exact) mass is 512 g/mol. The standard InChI is InChI=1S/C27H32N2O8/c1-14(31)21-20(13-30)37-29(22(21)25(32)28-4)12-15-7-6-8-18(23(15)35-5)16-9-17-11-27(2,3)36-24(17)19(10-16)26(33)34/h6-10,14,20-22,30-31H,4,11-13H2,1-3,5H3,(H,33,34)/t14-,20-,21?,22-/m0/s1.